The number of phenols is 1. The van der Waals surface area contributed by atoms with E-state index in [1.807, 2.05) is 36.4 Å². The molecule has 0 radical (unpaired) electrons. The van der Waals surface area contributed by atoms with E-state index in [1.165, 1.54) is 6.21 Å². The Bertz CT molecular complexity index is 968. The molecule has 0 saturated heterocycles. The second kappa shape index (κ2) is 8.36. The lowest BCUT2D eigenvalue weighted by molar-refractivity contribution is 0.106. The number of benzene rings is 3. The second-order valence-corrected chi connectivity index (χ2v) is 6.37. The summed E-state index contributed by atoms with van der Waals surface area (Å²) in [5.41, 5.74) is 1.96. The molecule has 0 fully saturated rings. The van der Waals surface area contributed by atoms with Crippen LogP contribution < -0.4 is 0 Å². The molecule has 26 heavy (non-hydrogen) atoms. The number of aromatic hydroxyl groups is 1. The fraction of sp³-hybridized carbons (Fsp3) is 0. The maximum atomic E-state index is 12.8. The van der Waals surface area contributed by atoms with Crippen molar-refractivity contribution in [3.63, 3.8) is 0 Å². The number of Topliss-reactive ketones (excluding diaryl/α,β-unsaturated/α-hetero) is 1. The Morgan fingerprint density at radius 1 is 0.885 bits per heavy atom. The first kappa shape index (κ1) is 17.8. The lowest BCUT2D eigenvalue weighted by Gasteiger charge is -2.04. The number of carbonyl (C=O) groups is 1. The maximum absolute atomic E-state index is 12.8. The Morgan fingerprint density at radius 3 is 2.15 bits per heavy atom. The summed E-state index contributed by atoms with van der Waals surface area (Å²) in [6, 6.07) is 23.1. The van der Waals surface area contributed by atoms with Gasteiger partial charge in [0.25, 0.3) is 0 Å². The SMILES string of the molecule is O=C(C(=N/N=C/c1cc(Br)ccc1O)c1ccccc1)c1ccccc1. The van der Waals surface area contributed by atoms with Gasteiger partial charge in [-0.3, -0.25) is 4.79 Å². The minimum atomic E-state index is -0.215. The summed E-state index contributed by atoms with van der Waals surface area (Å²) >= 11 is 3.34. The van der Waals surface area contributed by atoms with E-state index >= 15 is 0 Å². The first-order chi connectivity index (χ1) is 12.6. The minimum Gasteiger partial charge on any atom is -0.507 e. The van der Waals surface area contributed by atoms with Gasteiger partial charge >= 0.3 is 0 Å². The summed E-state index contributed by atoms with van der Waals surface area (Å²) < 4.78 is 0.810. The van der Waals surface area contributed by atoms with Gasteiger partial charge in [-0.05, 0) is 18.2 Å². The van der Waals surface area contributed by atoms with Crippen molar-refractivity contribution in [3.8, 4) is 5.75 Å². The van der Waals surface area contributed by atoms with Gasteiger partial charge in [0.05, 0.1) is 6.21 Å². The first-order valence-corrected chi connectivity index (χ1v) is 8.69. The number of hydrogen-bond donors (Lipinski definition) is 1. The van der Waals surface area contributed by atoms with Gasteiger partial charge in [0.15, 0.2) is 0 Å². The van der Waals surface area contributed by atoms with E-state index in [0.717, 1.165) is 4.47 Å². The van der Waals surface area contributed by atoms with Crippen LogP contribution in [-0.2, 0) is 0 Å². The lowest BCUT2D eigenvalue weighted by atomic mass is 10.0. The lowest BCUT2D eigenvalue weighted by Crippen LogP contribution is -2.15. The predicted molar refractivity (Wildman–Crippen MR) is 107 cm³/mol. The van der Waals surface area contributed by atoms with E-state index in [4.69, 9.17) is 0 Å². The molecule has 3 aromatic rings. The van der Waals surface area contributed by atoms with Gasteiger partial charge in [0.1, 0.15) is 11.5 Å². The van der Waals surface area contributed by atoms with E-state index < -0.39 is 0 Å². The summed E-state index contributed by atoms with van der Waals surface area (Å²) in [6.07, 6.45) is 1.42. The van der Waals surface area contributed by atoms with Gasteiger partial charge in [0.2, 0.25) is 5.78 Å². The zero-order chi connectivity index (χ0) is 18.4. The highest BCUT2D eigenvalue weighted by Crippen LogP contribution is 2.20. The molecular formula is C21H15BrN2O2. The average Bonchev–Trinajstić information content (AvgIpc) is 2.69. The molecule has 0 spiro atoms. The molecular weight excluding hydrogens is 392 g/mol. The van der Waals surface area contributed by atoms with Crippen LogP contribution >= 0.6 is 15.9 Å². The smallest absolute Gasteiger partial charge is 0.213 e. The first-order valence-electron chi connectivity index (χ1n) is 7.90. The monoisotopic (exact) mass is 406 g/mol. The fourth-order valence-electron chi connectivity index (χ4n) is 2.33. The summed E-state index contributed by atoms with van der Waals surface area (Å²) in [5, 5.41) is 18.1. The van der Waals surface area contributed by atoms with E-state index in [-0.39, 0.29) is 17.2 Å². The van der Waals surface area contributed by atoms with E-state index in [9.17, 15) is 9.90 Å². The highest BCUT2D eigenvalue weighted by atomic mass is 79.9. The molecule has 0 saturated carbocycles. The fourth-order valence-corrected chi connectivity index (χ4v) is 2.71. The molecule has 0 aliphatic rings. The Kier molecular flexibility index (Phi) is 5.71. The molecule has 0 aliphatic carbocycles. The van der Waals surface area contributed by atoms with Crippen molar-refractivity contribution in [1.82, 2.24) is 0 Å². The predicted octanol–water partition coefficient (Wildman–Crippen LogP) is 4.86. The van der Waals surface area contributed by atoms with E-state index in [1.54, 1.807) is 42.5 Å². The van der Waals surface area contributed by atoms with Crippen molar-refractivity contribution in [1.29, 1.82) is 0 Å². The molecule has 128 valence electrons. The van der Waals surface area contributed by atoms with Gasteiger partial charge in [0, 0.05) is 21.2 Å². The molecule has 0 atom stereocenters. The third kappa shape index (κ3) is 4.32. The van der Waals surface area contributed by atoms with E-state index in [0.29, 0.717) is 16.7 Å². The molecule has 4 nitrogen and oxygen atoms in total. The van der Waals surface area contributed by atoms with Crippen LogP contribution in [0.25, 0.3) is 0 Å². The third-order valence-electron chi connectivity index (χ3n) is 3.64. The van der Waals surface area contributed by atoms with Crippen LogP contribution in [0, 0.1) is 0 Å². The van der Waals surface area contributed by atoms with Crippen LogP contribution in [0.2, 0.25) is 0 Å². The molecule has 3 aromatic carbocycles. The third-order valence-corrected chi connectivity index (χ3v) is 4.14. The molecule has 0 unspecified atom stereocenters. The zero-order valence-corrected chi connectivity index (χ0v) is 15.3. The summed E-state index contributed by atoms with van der Waals surface area (Å²) in [6.45, 7) is 0. The Balaban J connectivity index is 1.98. The van der Waals surface area contributed by atoms with Crippen LogP contribution in [0.3, 0.4) is 0 Å². The standard InChI is InChI=1S/C21H15BrN2O2/c22-18-11-12-19(25)17(13-18)14-23-24-20(15-7-3-1-4-8-15)21(26)16-9-5-2-6-10-16/h1-14,25H/b23-14+,24-20?. The van der Waals surface area contributed by atoms with Crippen molar-refractivity contribution in [2.45, 2.75) is 0 Å². The highest BCUT2D eigenvalue weighted by Gasteiger charge is 2.16. The molecule has 3 rings (SSSR count). The Hall–Kier alpha value is -3.05. The van der Waals surface area contributed by atoms with Crippen molar-refractivity contribution in [3.05, 3.63) is 100 Å². The Labute approximate surface area is 159 Å². The highest BCUT2D eigenvalue weighted by molar-refractivity contribution is 9.10. The van der Waals surface area contributed by atoms with Crippen molar-refractivity contribution in [2.24, 2.45) is 10.2 Å². The molecule has 1 N–H and O–H groups in total. The Morgan fingerprint density at radius 2 is 1.50 bits per heavy atom. The molecule has 5 heteroatoms. The van der Waals surface area contributed by atoms with E-state index in [2.05, 4.69) is 26.1 Å². The summed E-state index contributed by atoms with van der Waals surface area (Å²) in [5.74, 6) is -0.129. The molecule has 0 amide bonds. The van der Waals surface area contributed by atoms with Crippen molar-refractivity contribution >= 4 is 33.6 Å². The van der Waals surface area contributed by atoms with Crippen LogP contribution in [0.5, 0.6) is 5.75 Å². The van der Waals surface area contributed by atoms with Gasteiger partial charge in [-0.1, -0.05) is 76.6 Å². The molecule has 0 bridgehead atoms. The minimum absolute atomic E-state index is 0.0859. The number of ketones is 1. The number of nitrogens with zero attached hydrogens (tertiary/aromatic N) is 2. The largest absolute Gasteiger partial charge is 0.507 e. The topological polar surface area (TPSA) is 62.0 Å². The van der Waals surface area contributed by atoms with Gasteiger partial charge in [-0.25, -0.2) is 0 Å². The molecule has 0 aliphatic heterocycles. The van der Waals surface area contributed by atoms with Crippen molar-refractivity contribution < 1.29 is 9.90 Å². The van der Waals surface area contributed by atoms with Gasteiger partial charge in [-0.15, -0.1) is 5.10 Å². The quantitative estimate of drug-likeness (QED) is 0.373. The van der Waals surface area contributed by atoms with Gasteiger partial charge in [-0.2, -0.15) is 5.10 Å². The van der Waals surface area contributed by atoms with Crippen LogP contribution in [0.4, 0.5) is 0 Å². The van der Waals surface area contributed by atoms with Crippen LogP contribution in [-0.4, -0.2) is 22.8 Å². The normalized spacial score (nSPS) is 11.7. The second-order valence-electron chi connectivity index (χ2n) is 5.46. The van der Waals surface area contributed by atoms with Crippen molar-refractivity contribution in [2.75, 3.05) is 0 Å². The van der Waals surface area contributed by atoms with Crippen LogP contribution in [0.1, 0.15) is 21.5 Å². The molecule has 0 aromatic heterocycles. The zero-order valence-electron chi connectivity index (χ0n) is 13.7. The number of phenolic OH excluding ortho intramolecular Hbond substituents is 1. The van der Waals surface area contributed by atoms with Crippen LogP contribution in [0.15, 0.2) is 93.5 Å². The number of carbonyl (C=O) groups excluding carboxylic acids is 1. The maximum Gasteiger partial charge on any atom is 0.213 e. The average molecular weight is 407 g/mol. The number of rotatable bonds is 5. The summed E-state index contributed by atoms with van der Waals surface area (Å²) in [7, 11) is 0. The number of halogens is 1. The summed E-state index contributed by atoms with van der Waals surface area (Å²) in [4.78, 5) is 12.8. The number of hydrogen-bond acceptors (Lipinski definition) is 4. The molecule has 0 heterocycles. The van der Waals surface area contributed by atoms with Gasteiger partial charge < -0.3 is 5.11 Å².